The minimum absolute atomic E-state index is 0.120. The first-order valence-electron chi connectivity index (χ1n) is 12.4. The normalized spacial score (nSPS) is 33.9. The molecule has 1 aromatic carbocycles. The Morgan fingerprint density at radius 1 is 1.10 bits per heavy atom. The molecule has 2 fully saturated rings. The Morgan fingerprint density at radius 2 is 1.90 bits per heavy atom. The quantitative estimate of drug-likeness (QED) is 0.514. The molecule has 3 aliphatic rings. The molecule has 1 heterocycles. The van der Waals surface area contributed by atoms with Crippen molar-refractivity contribution >= 4 is 22.7 Å². The first kappa shape index (κ1) is 20.8. The van der Waals surface area contributed by atoms with E-state index < -0.39 is 0 Å². The zero-order valence-electron chi connectivity index (χ0n) is 19.1. The molecule has 1 aromatic heterocycles. The smallest absolute Gasteiger partial charge is 0.302 e. The van der Waals surface area contributed by atoms with Gasteiger partial charge in [0.25, 0.3) is 0 Å². The van der Waals surface area contributed by atoms with Crippen molar-refractivity contribution in [3.05, 3.63) is 36.7 Å². The molecule has 2 saturated carbocycles. The van der Waals surface area contributed by atoms with Crippen LogP contribution in [0.2, 0.25) is 0 Å². The number of benzene rings is 1. The lowest BCUT2D eigenvalue weighted by atomic mass is 9.57. The highest BCUT2D eigenvalue weighted by Crippen LogP contribution is 2.60. The molecule has 0 aliphatic heterocycles. The van der Waals surface area contributed by atoms with Crippen molar-refractivity contribution in [2.45, 2.75) is 84.2 Å². The van der Waals surface area contributed by atoms with Crippen molar-refractivity contribution in [3.8, 4) is 0 Å². The molecule has 0 radical (unpaired) electrons. The summed E-state index contributed by atoms with van der Waals surface area (Å²) in [6.45, 7) is 4.07. The van der Waals surface area contributed by atoms with Gasteiger partial charge >= 0.3 is 5.97 Å². The maximum atomic E-state index is 11.4. The van der Waals surface area contributed by atoms with Gasteiger partial charge in [-0.3, -0.25) is 4.79 Å². The lowest BCUT2D eigenvalue weighted by molar-refractivity contribution is -0.147. The first-order chi connectivity index (χ1) is 15.1. The third kappa shape index (κ3) is 3.83. The van der Waals surface area contributed by atoms with E-state index in [1.807, 2.05) is 6.33 Å². The highest BCUT2D eigenvalue weighted by atomic mass is 16.5. The third-order valence-corrected chi connectivity index (χ3v) is 8.59. The van der Waals surface area contributed by atoms with Gasteiger partial charge in [0.2, 0.25) is 0 Å². The van der Waals surface area contributed by atoms with E-state index in [2.05, 4.69) is 46.8 Å². The minimum Gasteiger partial charge on any atom is -0.463 e. The van der Waals surface area contributed by atoms with Gasteiger partial charge in [-0.1, -0.05) is 38.0 Å². The number of aromatic nitrogens is 2. The Hall–Kier alpha value is -2.10. The molecule has 0 bridgehead atoms. The standard InChI is InChI=1S/C27H36N2O2/c1-19(30)31-21-9-3-4-11-22-20(8-7-10-21)16-17-27(2)23(22)14-15-26(27)29-18-28-24-12-5-6-13-25(24)29/h5-6,12-13,15,18,20-23H,3-4,7-11,14,16-17H2,1-2H3. The summed E-state index contributed by atoms with van der Waals surface area (Å²) in [6.07, 6.45) is 16.8. The number of nitrogens with zero attached hydrogens (tertiary/aromatic N) is 2. The van der Waals surface area contributed by atoms with E-state index in [9.17, 15) is 4.79 Å². The summed E-state index contributed by atoms with van der Waals surface area (Å²) in [5.41, 5.74) is 4.05. The van der Waals surface area contributed by atoms with Crippen LogP contribution in [0.4, 0.5) is 0 Å². The van der Waals surface area contributed by atoms with E-state index in [-0.39, 0.29) is 17.5 Å². The van der Waals surface area contributed by atoms with Crippen LogP contribution in [0, 0.1) is 23.2 Å². The SMILES string of the molecule is CC(=O)OC1CCCCC2C(CCC1)CCC1(C)C(n3cnc4ccccc43)=CCC21. The number of imidazole rings is 1. The number of hydrogen-bond acceptors (Lipinski definition) is 3. The highest BCUT2D eigenvalue weighted by Gasteiger charge is 2.50. The van der Waals surface area contributed by atoms with Crippen LogP contribution < -0.4 is 0 Å². The second-order valence-corrected chi connectivity index (χ2v) is 10.4. The summed E-state index contributed by atoms with van der Waals surface area (Å²) in [5, 5.41) is 0. The van der Waals surface area contributed by atoms with Gasteiger partial charge in [0.1, 0.15) is 12.4 Å². The van der Waals surface area contributed by atoms with E-state index in [1.165, 1.54) is 62.6 Å². The van der Waals surface area contributed by atoms with Gasteiger partial charge in [-0.15, -0.1) is 0 Å². The molecule has 5 atom stereocenters. The first-order valence-corrected chi connectivity index (χ1v) is 12.4. The second kappa shape index (κ2) is 8.44. The van der Waals surface area contributed by atoms with E-state index in [4.69, 9.17) is 4.74 Å². The fourth-order valence-corrected chi connectivity index (χ4v) is 7.09. The molecule has 4 heteroatoms. The van der Waals surface area contributed by atoms with Crippen LogP contribution in [0.5, 0.6) is 0 Å². The Balaban J connectivity index is 1.35. The second-order valence-electron chi connectivity index (χ2n) is 10.4. The van der Waals surface area contributed by atoms with Gasteiger partial charge in [0.05, 0.1) is 11.0 Å². The molecule has 166 valence electrons. The number of rotatable bonds is 2. The third-order valence-electron chi connectivity index (χ3n) is 8.59. The summed E-state index contributed by atoms with van der Waals surface area (Å²) in [7, 11) is 0. The van der Waals surface area contributed by atoms with Gasteiger partial charge in [-0.25, -0.2) is 4.98 Å². The molecule has 5 unspecified atom stereocenters. The summed E-state index contributed by atoms with van der Waals surface area (Å²) < 4.78 is 7.95. The van der Waals surface area contributed by atoms with E-state index >= 15 is 0 Å². The Labute approximate surface area is 186 Å². The fraction of sp³-hybridized carbons (Fsp3) is 0.630. The van der Waals surface area contributed by atoms with Crippen molar-refractivity contribution in [2.24, 2.45) is 23.2 Å². The molecule has 2 aromatic rings. The average Bonchev–Trinajstić information content (AvgIpc) is 3.32. The molecule has 5 rings (SSSR count). The molecule has 3 aliphatic carbocycles. The monoisotopic (exact) mass is 420 g/mol. The Bertz CT molecular complexity index is 977. The summed E-state index contributed by atoms with van der Waals surface area (Å²) in [4.78, 5) is 16.1. The van der Waals surface area contributed by atoms with Crippen molar-refractivity contribution in [1.82, 2.24) is 9.55 Å². The number of hydrogen-bond donors (Lipinski definition) is 0. The van der Waals surface area contributed by atoms with Crippen LogP contribution in [-0.4, -0.2) is 21.6 Å². The van der Waals surface area contributed by atoms with Crippen LogP contribution in [0.25, 0.3) is 16.7 Å². The number of para-hydroxylation sites is 2. The van der Waals surface area contributed by atoms with Crippen LogP contribution in [0.3, 0.4) is 0 Å². The zero-order valence-corrected chi connectivity index (χ0v) is 19.1. The Morgan fingerprint density at radius 3 is 2.77 bits per heavy atom. The summed E-state index contributed by atoms with van der Waals surface area (Å²) in [5.74, 6) is 2.25. The number of ether oxygens (including phenoxy) is 1. The number of carbonyl (C=O) groups excluding carboxylic acids is 1. The maximum absolute atomic E-state index is 11.4. The molecule has 4 nitrogen and oxygen atoms in total. The maximum Gasteiger partial charge on any atom is 0.302 e. The van der Waals surface area contributed by atoms with Crippen LogP contribution in [-0.2, 0) is 9.53 Å². The highest BCUT2D eigenvalue weighted by molar-refractivity contribution is 5.80. The van der Waals surface area contributed by atoms with Gasteiger partial charge in [0, 0.05) is 18.0 Å². The Kier molecular flexibility index (Phi) is 5.66. The summed E-state index contributed by atoms with van der Waals surface area (Å²) in [6, 6.07) is 8.51. The van der Waals surface area contributed by atoms with Crippen molar-refractivity contribution in [1.29, 1.82) is 0 Å². The van der Waals surface area contributed by atoms with Gasteiger partial charge in [-0.05, 0) is 81.3 Å². The minimum atomic E-state index is -0.120. The molecule has 31 heavy (non-hydrogen) atoms. The topological polar surface area (TPSA) is 44.1 Å². The summed E-state index contributed by atoms with van der Waals surface area (Å²) >= 11 is 0. The molecular formula is C27H36N2O2. The lowest BCUT2D eigenvalue weighted by Crippen LogP contribution is -2.40. The fourth-order valence-electron chi connectivity index (χ4n) is 7.09. The van der Waals surface area contributed by atoms with Crippen LogP contribution >= 0.6 is 0 Å². The van der Waals surface area contributed by atoms with Crippen molar-refractivity contribution in [3.63, 3.8) is 0 Å². The zero-order chi connectivity index (χ0) is 21.4. The average molecular weight is 421 g/mol. The number of fused-ring (bicyclic) bond motifs is 4. The largest absolute Gasteiger partial charge is 0.463 e. The van der Waals surface area contributed by atoms with Crippen molar-refractivity contribution < 1.29 is 9.53 Å². The van der Waals surface area contributed by atoms with Gasteiger partial charge in [-0.2, -0.15) is 0 Å². The predicted molar refractivity (Wildman–Crippen MR) is 124 cm³/mol. The number of carbonyl (C=O) groups is 1. The molecular weight excluding hydrogens is 384 g/mol. The number of allylic oxidation sites excluding steroid dienone is 2. The molecule has 0 saturated heterocycles. The predicted octanol–water partition coefficient (Wildman–Crippen LogP) is 6.61. The molecule has 0 spiro atoms. The van der Waals surface area contributed by atoms with Crippen LogP contribution in [0.1, 0.15) is 78.1 Å². The number of esters is 1. The lowest BCUT2D eigenvalue weighted by Gasteiger charge is -2.48. The van der Waals surface area contributed by atoms with Crippen molar-refractivity contribution in [2.75, 3.05) is 0 Å². The molecule has 0 amide bonds. The van der Waals surface area contributed by atoms with E-state index in [0.29, 0.717) is 0 Å². The van der Waals surface area contributed by atoms with E-state index in [0.717, 1.165) is 36.1 Å². The van der Waals surface area contributed by atoms with E-state index in [1.54, 1.807) is 6.92 Å². The molecule has 0 N–H and O–H groups in total. The van der Waals surface area contributed by atoms with Gasteiger partial charge < -0.3 is 9.30 Å². The van der Waals surface area contributed by atoms with Gasteiger partial charge in [0.15, 0.2) is 0 Å². The van der Waals surface area contributed by atoms with Crippen LogP contribution in [0.15, 0.2) is 36.7 Å².